The van der Waals surface area contributed by atoms with Crippen LogP contribution in [-0.2, 0) is 4.74 Å². The first-order chi connectivity index (χ1) is 11.1. The second kappa shape index (κ2) is 7.47. The molecule has 23 heavy (non-hydrogen) atoms. The highest BCUT2D eigenvalue weighted by atomic mass is 35.5. The molecule has 2 fully saturated rings. The number of hydrogen-bond acceptors (Lipinski definition) is 3. The number of rotatable bonds is 3. The summed E-state index contributed by atoms with van der Waals surface area (Å²) in [6.07, 6.45) is 1.000. The average Bonchev–Trinajstić information content (AvgIpc) is 3.00. The van der Waals surface area contributed by atoms with E-state index in [2.05, 4.69) is 10.2 Å². The van der Waals surface area contributed by atoms with Gasteiger partial charge in [-0.1, -0.05) is 11.6 Å². The largest absolute Gasteiger partial charge is 0.379 e. The summed E-state index contributed by atoms with van der Waals surface area (Å²) in [7, 11) is 0. The van der Waals surface area contributed by atoms with Crippen molar-refractivity contribution in [3.63, 3.8) is 0 Å². The van der Waals surface area contributed by atoms with E-state index in [1.165, 1.54) is 12.1 Å². The van der Waals surface area contributed by atoms with Crippen molar-refractivity contribution in [2.45, 2.75) is 6.42 Å². The Morgan fingerprint density at radius 2 is 2.13 bits per heavy atom. The number of carbonyl (C=O) groups is 1. The standard InChI is InChI=1S/C16H21ClFN3O2/c17-14-2-1-13(9-15(14)18)19-16(22)21-4-3-12(11-21)10-20-5-7-23-8-6-20/h1-2,9,12H,3-8,10-11H2,(H,19,22)/t12-/m1/s1. The summed E-state index contributed by atoms with van der Waals surface area (Å²) in [5, 5.41) is 2.78. The molecule has 0 aliphatic carbocycles. The molecule has 1 atom stereocenters. The van der Waals surface area contributed by atoms with Gasteiger partial charge in [0.1, 0.15) is 5.82 Å². The van der Waals surface area contributed by atoms with Gasteiger partial charge in [-0.3, -0.25) is 4.90 Å². The second-order valence-electron chi connectivity index (χ2n) is 6.07. The van der Waals surface area contributed by atoms with Gasteiger partial charge in [0.2, 0.25) is 0 Å². The Bertz CT molecular complexity index is 566. The Balaban J connectivity index is 1.49. The van der Waals surface area contributed by atoms with Gasteiger partial charge in [0.15, 0.2) is 0 Å². The normalized spacial score (nSPS) is 22.3. The van der Waals surface area contributed by atoms with Crippen LogP contribution in [0.2, 0.25) is 5.02 Å². The smallest absolute Gasteiger partial charge is 0.321 e. The van der Waals surface area contributed by atoms with Gasteiger partial charge in [-0.2, -0.15) is 0 Å². The van der Waals surface area contributed by atoms with Gasteiger partial charge in [0.25, 0.3) is 0 Å². The molecule has 1 aromatic rings. The number of amides is 2. The summed E-state index contributed by atoms with van der Waals surface area (Å²) >= 11 is 5.64. The number of nitrogens with zero attached hydrogens (tertiary/aromatic N) is 2. The maximum atomic E-state index is 13.4. The van der Waals surface area contributed by atoms with E-state index in [9.17, 15) is 9.18 Å². The number of ether oxygens (including phenoxy) is 1. The number of benzene rings is 1. The molecular formula is C16H21ClFN3O2. The van der Waals surface area contributed by atoms with Crippen LogP contribution >= 0.6 is 11.6 Å². The van der Waals surface area contributed by atoms with Crippen molar-refractivity contribution in [3.05, 3.63) is 29.0 Å². The van der Waals surface area contributed by atoms with E-state index in [-0.39, 0.29) is 11.1 Å². The van der Waals surface area contributed by atoms with Crippen LogP contribution in [0.3, 0.4) is 0 Å². The number of carbonyl (C=O) groups excluding carboxylic acids is 1. The van der Waals surface area contributed by atoms with E-state index >= 15 is 0 Å². The molecule has 7 heteroatoms. The summed E-state index contributed by atoms with van der Waals surface area (Å²) in [6, 6.07) is 4.10. The molecular weight excluding hydrogens is 321 g/mol. The van der Waals surface area contributed by atoms with E-state index < -0.39 is 5.82 Å². The molecule has 1 N–H and O–H groups in total. The maximum absolute atomic E-state index is 13.4. The number of morpholine rings is 1. The van der Waals surface area contributed by atoms with Crippen LogP contribution in [0.1, 0.15) is 6.42 Å². The molecule has 2 amide bonds. The number of halogens is 2. The van der Waals surface area contributed by atoms with E-state index in [1.54, 1.807) is 11.0 Å². The zero-order chi connectivity index (χ0) is 16.2. The monoisotopic (exact) mass is 341 g/mol. The zero-order valence-electron chi connectivity index (χ0n) is 12.9. The van der Waals surface area contributed by atoms with Crippen LogP contribution in [0.15, 0.2) is 18.2 Å². The van der Waals surface area contributed by atoms with Crippen LogP contribution in [0.25, 0.3) is 0 Å². The first-order valence-corrected chi connectivity index (χ1v) is 8.30. The lowest BCUT2D eigenvalue weighted by atomic mass is 10.1. The Morgan fingerprint density at radius 1 is 1.35 bits per heavy atom. The molecule has 126 valence electrons. The van der Waals surface area contributed by atoms with Gasteiger partial charge in [0, 0.05) is 38.4 Å². The highest BCUT2D eigenvalue weighted by Gasteiger charge is 2.28. The molecule has 0 unspecified atom stereocenters. The van der Waals surface area contributed by atoms with Crippen LogP contribution in [0.4, 0.5) is 14.9 Å². The number of urea groups is 1. The Kier molecular flexibility index (Phi) is 5.35. The predicted octanol–water partition coefficient (Wildman–Crippen LogP) is 2.67. The minimum Gasteiger partial charge on any atom is -0.379 e. The van der Waals surface area contributed by atoms with Gasteiger partial charge in [-0.15, -0.1) is 0 Å². The predicted molar refractivity (Wildman–Crippen MR) is 87.4 cm³/mol. The molecule has 0 spiro atoms. The van der Waals surface area contributed by atoms with E-state index in [4.69, 9.17) is 16.3 Å². The maximum Gasteiger partial charge on any atom is 0.321 e. The number of nitrogens with one attached hydrogen (secondary N) is 1. The van der Waals surface area contributed by atoms with Gasteiger partial charge < -0.3 is 15.0 Å². The third-order valence-corrected chi connectivity index (χ3v) is 4.67. The van der Waals surface area contributed by atoms with Crippen molar-refractivity contribution in [2.24, 2.45) is 5.92 Å². The molecule has 2 heterocycles. The summed E-state index contributed by atoms with van der Waals surface area (Å²) in [4.78, 5) is 16.5. The van der Waals surface area contributed by atoms with Crippen LogP contribution in [0.5, 0.6) is 0 Å². The van der Waals surface area contributed by atoms with Crippen molar-refractivity contribution in [1.82, 2.24) is 9.80 Å². The van der Waals surface area contributed by atoms with Crippen molar-refractivity contribution in [3.8, 4) is 0 Å². The third kappa shape index (κ3) is 4.34. The van der Waals surface area contributed by atoms with Crippen LogP contribution < -0.4 is 5.32 Å². The quantitative estimate of drug-likeness (QED) is 0.919. The van der Waals surface area contributed by atoms with E-state index in [1.807, 2.05) is 0 Å². The topological polar surface area (TPSA) is 44.8 Å². The summed E-state index contributed by atoms with van der Waals surface area (Å²) in [6.45, 7) is 5.98. The zero-order valence-corrected chi connectivity index (χ0v) is 13.7. The number of hydrogen-bond donors (Lipinski definition) is 1. The van der Waals surface area contributed by atoms with Gasteiger partial charge in [-0.25, -0.2) is 9.18 Å². The average molecular weight is 342 g/mol. The molecule has 0 saturated carbocycles. The minimum absolute atomic E-state index is 0.0507. The number of likely N-dealkylation sites (tertiary alicyclic amines) is 1. The van der Waals surface area contributed by atoms with Crippen molar-refractivity contribution < 1.29 is 13.9 Å². The minimum atomic E-state index is -0.531. The van der Waals surface area contributed by atoms with Crippen molar-refractivity contribution in [1.29, 1.82) is 0 Å². The van der Waals surface area contributed by atoms with Crippen molar-refractivity contribution >= 4 is 23.3 Å². The Hall–Kier alpha value is -1.37. The molecule has 1 aromatic carbocycles. The number of anilines is 1. The third-order valence-electron chi connectivity index (χ3n) is 4.36. The summed E-state index contributed by atoms with van der Waals surface area (Å²) in [5.41, 5.74) is 0.425. The lowest BCUT2D eigenvalue weighted by Crippen LogP contribution is -2.40. The first kappa shape index (κ1) is 16.5. The van der Waals surface area contributed by atoms with E-state index in [0.717, 1.165) is 52.4 Å². The second-order valence-corrected chi connectivity index (χ2v) is 6.48. The fourth-order valence-electron chi connectivity index (χ4n) is 3.09. The molecule has 0 bridgehead atoms. The fourth-order valence-corrected chi connectivity index (χ4v) is 3.21. The first-order valence-electron chi connectivity index (χ1n) is 7.93. The van der Waals surface area contributed by atoms with Gasteiger partial charge >= 0.3 is 6.03 Å². The Morgan fingerprint density at radius 3 is 2.87 bits per heavy atom. The lowest BCUT2D eigenvalue weighted by molar-refractivity contribution is 0.0314. The lowest BCUT2D eigenvalue weighted by Gasteiger charge is -2.29. The molecule has 2 aliphatic rings. The molecule has 5 nitrogen and oxygen atoms in total. The fraction of sp³-hybridized carbons (Fsp3) is 0.562. The van der Waals surface area contributed by atoms with Gasteiger partial charge in [0.05, 0.1) is 18.2 Å². The highest BCUT2D eigenvalue weighted by molar-refractivity contribution is 6.30. The van der Waals surface area contributed by atoms with Crippen LogP contribution in [-0.4, -0.2) is 61.8 Å². The van der Waals surface area contributed by atoms with E-state index in [0.29, 0.717) is 11.6 Å². The molecule has 0 radical (unpaired) electrons. The molecule has 2 saturated heterocycles. The molecule has 3 rings (SSSR count). The molecule has 0 aromatic heterocycles. The van der Waals surface area contributed by atoms with Gasteiger partial charge in [-0.05, 0) is 30.5 Å². The van der Waals surface area contributed by atoms with Crippen LogP contribution in [0, 0.1) is 11.7 Å². The highest BCUT2D eigenvalue weighted by Crippen LogP contribution is 2.21. The summed E-state index contributed by atoms with van der Waals surface area (Å²) in [5.74, 6) is -0.0445. The molecule has 2 aliphatic heterocycles. The SMILES string of the molecule is O=C(Nc1ccc(Cl)c(F)c1)N1CC[C@H](CN2CCOCC2)C1. The summed E-state index contributed by atoms with van der Waals surface area (Å²) < 4.78 is 18.8. The van der Waals surface area contributed by atoms with Crippen molar-refractivity contribution in [2.75, 3.05) is 51.3 Å². The Labute approximate surface area is 140 Å².